The normalized spacial score (nSPS) is 19.7. The highest BCUT2D eigenvalue weighted by atomic mass is 32.2. The average molecular weight is 419 g/mol. The summed E-state index contributed by atoms with van der Waals surface area (Å²) in [5, 5.41) is 7.49. The first-order chi connectivity index (χ1) is 13.9. The minimum absolute atomic E-state index is 0.141. The lowest BCUT2D eigenvalue weighted by atomic mass is 9.99. The summed E-state index contributed by atoms with van der Waals surface area (Å²) in [5.74, 6) is 0.822. The smallest absolute Gasteiger partial charge is 0.243 e. The zero-order chi connectivity index (χ0) is 20.6. The first-order valence-electron chi connectivity index (χ1n) is 9.90. The number of hydrogen-bond donors (Lipinski definition) is 1. The number of amides is 1. The number of carbonyl (C=O) groups is 1. The van der Waals surface area contributed by atoms with E-state index in [9.17, 15) is 13.2 Å². The van der Waals surface area contributed by atoms with E-state index in [0.717, 1.165) is 36.3 Å². The molecule has 1 fully saturated rings. The lowest BCUT2D eigenvalue weighted by molar-refractivity contribution is -0.120. The molecule has 1 unspecified atom stereocenters. The van der Waals surface area contributed by atoms with Crippen molar-refractivity contribution in [3.05, 3.63) is 35.5 Å². The average Bonchev–Trinajstić information content (AvgIpc) is 3.30. The second kappa shape index (κ2) is 7.79. The van der Waals surface area contributed by atoms with E-state index in [4.69, 9.17) is 4.74 Å². The molecule has 1 aromatic heterocycles. The lowest BCUT2D eigenvalue weighted by Crippen LogP contribution is -2.43. The molecule has 1 saturated heterocycles. The van der Waals surface area contributed by atoms with E-state index in [1.807, 2.05) is 7.05 Å². The van der Waals surface area contributed by atoms with E-state index >= 15 is 0 Å². The van der Waals surface area contributed by atoms with Gasteiger partial charge in [-0.1, -0.05) is 0 Å². The lowest BCUT2D eigenvalue weighted by Gasteiger charge is -2.31. The number of anilines is 1. The van der Waals surface area contributed by atoms with Crippen molar-refractivity contribution in [2.75, 3.05) is 25.5 Å². The molecule has 156 valence electrons. The fourth-order valence-corrected chi connectivity index (χ4v) is 5.69. The molecule has 29 heavy (non-hydrogen) atoms. The number of sulfonamides is 1. The van der Waals surface area contributed by atoms with E-state index in [1.54, 1.807) is 16.8 Å². The first-order valence-corrected chi connectivity index (χ1v) is 11.3. The molecule has 0 radical (unpaired) electrons. The SMILES string of the molecule is COc1ccc(S(=O)(=O)N2CCCC(C(=O)Nc3c4c(nn3C)CCC4)C2)cc1. The molecule has 1 aromatic carbocycles. The van der Waals surface area contributed by atoms with Crippen molar-refractivity contribution in [3.8, 4) is 5.75 Å². The molecule has 1 N–H and O–H groups in total. The van der Waals surface area contributed by atoms with Gasteiger partial charge in [0.05, 0.1) is 23.6 Å². The van der Waals surface area contributed by atoms with Gasteiger partial charge >= 0.3 is 0 Å². The number of hydrogen-bond acceptors (Lipinski definition) is 5. The van der Waals surface area contributed by atoms with Crippen LogP contribution in [0.2, 0.25) is 0 Å². The molecule has 0 saturated carbocycles. The molecule has 0 spiro atoms. The van der Waals surface area contributed by atoms with Crippen LogP contribution in [0.25, 0.3) is 0 Å². The summed E-state index contributed by atoms with van der Waals surface area (Å²) in [7, 11) is -0.288. The molecular weight excluding hydrogens is 392 g/mol. The number of aryl methyl sites for hydroxylation is 2. The Bertz CT molecular complexity index is 1010. The number of ether oxygens (including phenoxy) is 1. The molecule has 0 bridgehead atoms. The van der Waals surface area contributed by atoms with Crippen LogP contribution in [-0.4, -0.2) is 48.6 Å². The topological polar surface area (TPSA) is 93.5 Å². The zero-order valence-corrected chi connectivity index (χ0v) is 17.5. The quantitative estimate of drug-likeness (QED) is 0.801. The van der Waals surface area contributed by atoms with Crippen LogP contribution in [0.15, 0.2) is 29.2 Å². The maximum absolute atomic E-state index is 13.0. The van der Waals surface area contributed by atoms with Gasteiger partial charge in [-0.3, -0.25) is 9.48 Å². The predicted octanol–water partition coefficient (Wildman–Crippen LogP) is 1.96. The Morgan fingerprint density at radius 2 is 1.97 bits per heavy atom. The molecule has 1 aliphatic heterocycles. The molecule has 2 aromatic rings. The molecular formula is C20H26N4O4S. The number of benzene rings is 1. The van der Waals surface area contributed by atoms with Gasteiger partial charge in [-0.25, -0.2) is 8.42 Å². The molecule has 2 aliphatic rings. The number of piperidine rings is 1. The number of nitrogens with one attached hydrogen (secondary N) is 1. The summed E-state index contributed by atoms with van der Waals surface area (Å²) in [6.45, 7) is 0.597. The largest absolute Gasteiger partial charge is 0.497 e. The summed E-state index contributed by atoms with van der Waals surface area (Å²) in [6, 6.07) is 6.33. The van der Waals surface area contributed by atoms with Crippen LogP contribution in [0.5, 0.6) is 5.75 Å². The third kappa shape index (κ3) is 3.76. The number of aromatic nitrogens is 2. The third-order valence-corrected chi connectivity index (χ3v) is 7.64. The summed E-state index contributed by atoms with van der Waals surface area (Å²) in [6.07, 6.45) is 4.23. The van der Waals surface area contributed by atoms with E-state index in [2.05, 4.69) is 10.4 Å². The second-order valence-electron chi connectivity index (χ2n) is 7.62. The highest BCUT2D eigenvalue weighted by Gasteiger charge is 2.34. The Labute approximate surface area is 170 Å². The molecule has 4 rings (SSSR count). The van der Waals surface area contributed by atoms with E-state index < -0.39 is 10.0 Å². The van der Waals surface area contributed by atoms with Gasteiger partial charge in [-0.05, 0) is 56.4 Å². The Kier molecular flexibility index (Phi) is 5.35. The molecule has 9 heteroatoms. The van der Waals surface area contributed by atoms with Crippen LogP contribution in [0.4, 0.5) is 5.82 Å². The van der Waals surface area contributed by atoms with E-state index in [0.29, 0.717) is 25.1 Å². The molecule has 1 aliphatic carbocycles. The van der Waals surface area contributed by atoms with Crippen LogP contribution < -0.4 is 10.1 Å². The van der Waals surface area contributed by atoms with Crippen LogP contribution in [0, 0.1) is 5.92 Å². The number of methoxy groups -OCH3 is 1. The first kappa shape index (κ1) is 19.9. The second-order valence-corrected chi connectivity index (χ2v) is 9.56. The minimum atomic E-state index is -3.65. The van der Waals surface area contributed by atoms with Gasteiger partial charge in [0.1, 0.15) is 11.6 Å². The fraction of sp³-hybridized carbons (Fsp3) is 0.500. The van der Waals surface area contributed by atoms with Gasteiger partial charge in [-0.2, -0.15) is 9.40 Å². The molecule has 1 amide bonds. The van der Waals surface area contributed by atoms with Gasteiger partial charge in [-0.15, -0.1) is 0 Å². The van der Waals surface area contributed by atoms with Gasteiger partial charge in [0.15, 0.2) is 0 Å². The Hall–Kier alpha value is -2.39. The van der Waals surface area contributed by atoms with Crippen LogP contribution in [0.1, 0.15) is 30.5 Å². The molecule has 8 nitrogen and oxygen atoms in total. The van der Waals surface area contributed by atoms with E-state index in [1.165, 1.54) is 23.5 Å². The van der Waals surface area contributed by atoms with Crippen molar-refractivity contribution in [2.24, 2.45) is 13.0 Å². The third-order valence-electron chi connectivity index (χ3n) is 5.76. The van der Waals surface area contributed by atoms with Crippen molar-refractivity contribution >= 4 is 21.7 Å². The fourth-order valence-electron chi connectivity index (χ4n) is 4.17. The summed E-state index contributed by atoms with van der Waals surface area (Å²) < 4.78 is 34.3. The highest BCUT2D eigenvalue weighted by Crippen LogP contribution is 2.30. The van der Waals surface area contributed by atoms with Gasteiger partial charge < -0.3 is 10.1 Å². The van der Waals surface area contributed by atoms with Gasteiger partial charge in [0.2, 0.25) is 15.9 Å². The number of carbonyl (C=O) groups excluding carboxylic acids is 1. The standard InChI is InChI=1S/C20H26N4O4S/c1-23-19(17-6-3-7-18(17)22-23)21-20(25)14-5-4-12-24(13-14)29(26,27)16-10-8-15(28-2)9-11-16/h8-11,14H,3-7,12-13H2,1-2H3,(H,21,25). The van der Waals surface area contributed by atoms with Crippen molar-refractivity contribution in [3.63, 3.8) is 0 Å². The highest BCUT2D eigenvalue weighted by molar-refractivity contribution is 7.89. The van der Waals surface area contributed by atoms with Crippen molar-refractivity contribution in [1.29, 1.82) is 0 Å². The minimum Gasteiger partial charge on any atom is -0.497 e. The summed E-state index contributed by atoms with van der Waals surface area (Å²) in [4.78, 5) is 13.1. The Balaban J connectivity index is 1.48. The van der Waals surface area contributed by atoms with Crippen LogP contribution >= 0.6 is 0 Å². The summed E-state index contributed by atoms with van der Waals surface area (Å²) in [5.41, 5.74) is 2.16. The molecule has 1 atom stereocenters. The molecule has 2 heterocycles. The maximum atomic E-state index is 13.0. The number of nitrogens with zero attached hydrogens (tertiary/aromatic N) is 3. The monoisotopic (exact) mass is 418 g/mol. The van der Waals surface area contributed by atoms with Crippen molar-refractivity contribution in [2.45, 2.75) is 37.0 Å². The van der Waals surface area contributed by atoms with E-state index in [-0.39, 0.29) is 23.3 Å². The zero-order valence-electron chi connectivity index (χ0n) is 16.7. The maximum Gasteiger partial charge on any atom is 0.243 e. The predicted molar refractivity (Wildman–Crippen MR) is 108 cm³/mol. The summed E-state index contributed by atoms with van der Waals surface area (Å²) >= 11 is 0. The van der Waals surface area contributed by atoms with Gasteiger partial charge in [0, 0.05) is 25.7 Å². The van der Waals surface area contributed by atoms with Crippen molar-refractivity contribution in [1.82, 2.24) is 14.1 Å². The Morgan fingerprint density at radius 1 is 1.21 bits per heavy atom. The van der Waals surface area contributed by atoms with Crippen LogP contribution in [0.3, 0.4) is 0 Å². The Morgan fingerprint density at radius 3 is 2.69 bits per heavy atom. The van der Waals surface area contributed by atoms with Crippen LogP contribution in [-0.2, 0) is 34.7 Å². The number of rotatable bonds is 5. The van der Waals surface area contributed by atoms with Gasteiger partial charge in [0.25, 0.3) is 0 Å². The van der Waals surface area contributed by atoms with Crippen molar-refractivity contribution < 1.29 is 17.9 Å². The number of fused-ring (bicyclic) bond motifs is 1.